The first-order chi connectivity index (χ1) is 8.10. The quantitative estimate of drug-likeness (QED) is 0.612. The maximum atomic E-state index is 9.33. The molecule has 0 aliphatic carbocycles. The van der Waals surface area contributed by atoms with Crippen LogP contribution in [0, 0.1) is 11.3 Å². The monoisotopic (exact) mass is 258 g/mol. The van der Waals surface area contributed by atoms with Gasteiger partial charge in [-0.1, -0.05) is 6.92 Å². The molecule has 0 rings (SSSR count). The second-order valence-electron chi connectivity index (χ2n) is 4.56. The Morgan fingerprint density at radius 2 is 2.12 bits per heavy atom. The van der Waals surface area contributed by atoms with E-state index < -0.39 is 0 Å². The standard InChI is InChI=1S/C13H26N2OS/c1-5-13(11-14,15-12(2)3)7-6-9-17-10-8-16-4/h12,15H,5-10H2,1-4H3. The zero-order valence-corrected chi connectivity index (χ0v) is 12.4. The van der Waals surface area contributed by atoms with Crippen LogP contribution in [-0.2, 0) is 4.74 Å². The van der Waals surface area contributed by atoms with E-state index in [0.29, 0.717) is 6.04 Å². The van der Waals surface area contributed by atoms with Crippen molar-refractivity contribution in [3.63, 3.8) is 0 Å². The van der Waals surface area contributed by atoms with Crippen molar-refractivity contribution in [2.24, 2.45) is 0 Å². The van der Waals surface area contributed by atoms with E-state index in [1.165, 1.54) is 0 Å². The van der Waals surface area contributed by atoms with Crippen molar-refractivity contribution in [3.8, 4) is 6.07 Å². The van der Waals surface area contributed by atoms with Gasteiger partial charge in [-0.15, -0.1) is 0 Å². The molecule has 0 aromatic heterocycles. The van der Waals surface area contributed by atoms with Gasteiger partial charge in [0.2, 0.25) is 0 Å². The number of nitrogens with zero attached hydrogens (tertiary/aromatic N) is 1. The number of hydrogen-bond acceptors (Lipinski definition) is 4. The van der Waals surface area contributed by atoms with Gasteiger partial charge < -0.3 is 4.74 Å². The smallest absolute Gasteiger partial charge is 0.106 e. The fourth-order valence-electron chi connectivity index (χ4n) is 1.79. The highest BCUT2D eigenvalue weighted by atomic mass is 32.2. The summed E-state index contributed by atoms with van der Waals surface area (Å²) in [6, 6.07) is 2.81. The molecule has 0 aliphatic rings. The summed E-state index contributed by atoms with van der Waals surface area (Å²) in [6.45, 7) is 7.08. The molecule has 0 saturated heterocycles. The topological polar surface area (TPSA) is 45.0 Å². The molecule has 0 bridgehead atoms. The third-order valence-corrected chi connectivity index (χ3v) is 3.74. The lowest BCUT2D eigenvalue weighted by molar-refractivity contribution is 0.218. The Balaban J connectivity index is 3.89. The van der Waals surface area contributed by atoms with Crippen LogP contribution in [0.3, 0.4) is 0 Å². The van der Waals surface area contributed by atoms with Gasteiger partial charge in [0, 0.05) is 18.9 Å². The minimum Gasteiger partial charge on any atom is -0.384 e. The summed E-state index contributed by atoms with van der Waals surface area (Å²) >= 11 is 1.90. The molecule has 4 heteroatoms. The summed E-state index contributed by atoms with van der Waals surface area (Å²) < 4.78 is 5.00. The van der Waals surface area contributed by atoms with Gasteiger partial charge >= 0.3 is 0 Å². The van der Waals surface area contributed by atoms with Gasteiger partial charge in [0.15, 0.2) is 0 Å². The van der Waals surface area contributed by atoms with Gasteiger partial charge in [-0.05, 0) is 38.9 Å². The Bertz CT molecular complexity index is 228. The van der Waals surface area contributed by atoms with Crippen molar-refractivity contribution in [3.05, 3.63) is 0 Å². The van der Waals surface area contributed by atoms with E-state index in [4.69, 9.17) is 4.74 Å². The maximum Gasteiger partial charge on any atom is 0.106 e. The molecule has 0 aromatic carbocycles. The van der Waals surface area contributed by atoms with Crippen molar-refractivity contribution in [2.45, 2.75) is 51.6 Å². The molecule has 1 unspecified atom stereocenters. The highest BCUT2D eigenvalue weighted by molar-refractivity contribution is 7.99. The summed E-state index contributed by atoms with van der Waals surface area (Å²) in [5.74, 6) is 2.15. The van der Waals surface area contributed by atoms with Crippen molar-refractivity contribution in [2.75, 3.05) is 25.2 Å². The molecule has 0 heterocycles. The first kappa shape index (κ1) is 16.8. The summed E-state index contributed by atoms with van der Waals surface area (Å²) in [5, 5.41) is 12.7. The maximum absolute atomic E-state index is 9.33. The molecule has 1 atom stereocenters. The number of ether oxygens (including phenoxy) is 1. The molecule has 1 N–H and O–H groups in total. The Labute approximate surface area is 110 Å². The van der Waals surface area contributed by atoms with Gasteiger partial charge in [0.25, 0.3) is 0 Å². The third kappa shape index (κ3) is 7.64. The summed E-state index contributed by atoms with van der Waals surface area (Å²) in [6.07, 6.45) is 2.87. The van der Waals surface area contributed by atoms with E-state index >= 15 is 0 Å². The van der Waals surface area contributed by atoms with E-state index in [1.54, 1.807) is 7.11 Å². The Morgan fingerprint density at radius 3 is 2.59 bits per heavy atom. The summed E-state index contributed by atoms with van der Waals surface area (Å²) in [7, 11) is 1.73. The van der Waals surface area contributed by atoms with Crippen LogP contribution in [0.4, 0.5) is 0 Å². The highest BCUT2D eigenvalue weighted by Gasteiger charge is 2.27. The van der Waals surface area contributed by atoms with Crippen LogP contribution in [0.25, 0.3) is 0 Å². The largest absolute Gasteiger partial charge is 0.384 e. The molecule has 0 radical (unpaired) electrons. The summed E-state index contributed by atoms with van der Waals surface area (Å²) in [5.41, 5.74) is -0.337. The van der Waals surface area contributed by atoms with Crippen LogP contribution in [0.15, 0.2) is 0 Å². The SMILES string of the molecule is CCC(C#N)(CCCSCCOC)NC(C)C. The van der Waals surface area contributed by atoms with Crippen LogP contribution in [0.5, 0.6) is 0 Å². The van der Waals surface area contributed by atoms with Gasteiger partial charge in [-0.2, -0.15) is 17.0 Å². The van der Waals surface area contributed by atoms with Gasteiger partial charge in [-0.3, -0.25) is 5.32 Å². The minimum absolute atomic E-state index is 0.337. The molecule has 0 aromatic rings. The first-order valence-electron chi connectivity index (χ1n) is 6.36. The average molecular weight is 258 g/mol. The normalized spacial score (nSPS) is 14.6. The molecular formula is C13H26N2OS. The first-order valence-corrected chi connectivity index (χ1v) is 7.51. The number of rotatable bonds is 10. The van der Waals surface area contributed by atoms with Gasteiger partial charge in [0.1, 0.15) is 5.54 Å². The van der Waals surface area contributed by atoms with Gasteiger partial charge in [0.05, 0.1) is 12.7 Å². The molecule has 0 aliphatic heterocycles. The molecule has 3 nitrogen and oxygen atoms in total. The lowest BCUT2D eigenvalue weighted by atomic mass is 9.91. The predicted molar refractivity (Wildman–Crippen MR) is 75.3 cm³/mol. The number of nitriles is 1. The second kappa shape index (κ2) is 9.76. The van der Waals surface area contributed by atoms with Crippen molar-refractivity contribution in [1.29, 1.82) is 5.26 Å². The predicted octanol–water partition coefficient (Wildman–Crippen LogP) is 2.82. The molecule has 100 valence electrons. The Morgan fingerprint density at radius 1 is 1.41 bits per heavy atom. The van der Waals surface area contributed by atoms with Crippen molar-refractivity contribution >= 4 is 11.8 Å². The van der Waals surface area contributed by atoms with Crippen LogP contribution in [-0.4, -0.2) is 36.8 Å². The van der Waals surface area contributed by atoms with Crippen LogP contribution < -0.4 is 5.32 Å². The van der Waals surface area contributed by atoms with E-state index in [9.17, 15) is 5.26 Å². The number of hydrogen-bond donors (Lipinski definition) is 1. The molecule has 17 heavy (non-hydrogen) atoms. The Hall–Kier alpha value is -0.240. The zero-order chi connectivity index (χ0) is 13.1. The van der Waals surface area contributed by atoms with Crippen molar-refractivity contribution in [1.82, 2.24) is 5.32 Å². The average Bonchev–Trinajstić information content (AvgIpc) is 2.31. The van der Waals surface area contributed by atoms with E-state index in [1.807, 2.05) is 11.8 Å². The van der Waals surface area contributed by atoms with Gasteiger partial charge in [-0.25, -0.2) is 0 Å². The Kier molecular flexibility index (Phi) is 9.62. The zero-order valence-electron chi connectivity index (χ0n) is 11.6. The molecule has 0 saturated carbocycles. The van der Waals surface area contributed by atoms with Crippen LogP contribution >= 0.6 is 11.8 Å². The third-order valence-electron chi connectivity index (χ3n) is 2.71. The number of thioether (sulfide) groups is 1. The number of nitrogens with one attached hydrogen (secondary N) is 1. The second-order valence-corrected chi connectivity index (χ2v) is 5.78. The lowest BCUT2D eigenvalue weighted by Crippen LogP contribution is -2.47. The summed E-state index contributed by atoms with van der Waals surface area (Å²) in [4.78, 5) is 0. The van der Waals surface area contributed by atoms with Crippen LogP contribution in [0.2, 0.25) is 0 Å². The fourth-order valence-corrected chi connectivity index (χ4v) is 2.63. The van der Waals surface area contributed by atoms with E-state index in [0.717, 1.165) is 37.4 Å². The molecule has 0 amide bonds. The van der Waals surface area contributed by atoms with E-state index in [2.05, 4.69) is 32.2 Å². The molecule has 0 fully saturated rings. The minimum atomic E-state index is -0.337. The molecule has 0 spiro atoms. The number of methoxy groups -OCH3 is 1. The highest BCUT2D eigenvalue weighted by Crippen LogP contribution is 2.19. The van der Waals surface area contributed by atoms with Crippen molar-refractivity contribution < 1.29 is 4.74 Å². The fraction of sp³-hybridized carbons (Fsp3) is 0.923. The molecular weight excluding hydrogens is 232 g/mol. The van der Waals surface area contributed by atoms with Crippen LogP contribution in [0.1, 0.15) is 40.0 Å². The lowest BCUT2D eigenvalue weighted by Gasteiger charge is -2.29. The van der Waals surface area contributed by atoms with E-state index in [-0.39, 0.29) is 5.54 Å².